The lowest BCUT2D eigenvalue weighted by atomic mass is 10.1. The summed E-state index contributed by atoms with van der Waals surface area (Å²) in [5.74, 6) is -0.0711. The van der Waals surface area contributed by atoms with Crippen LogP contribution in [0.2, 0.25) is 0 Å². The van der Waals surface area contributed by atoms with Gasteiger partial charge in [-0.05, 0) is 48.5 Å². The maximum atomic E-state index is 13.0. The molecule has 1 aromatic heterocycles. The predicted molar refractivity (Wildman–Crippen MR) is 106 cm³/mol. The maximum Gasteiger partial charge on any atom is 0.230 e. The number of hydrogen-bond donors (Lipinski definition) is 1. The Hall–Kier alpha value is -2.03. The van der Waals surface area contributed by atoms with E-state index in [1.54, 1.807) is 16.8 Å². The molecule has 0 bridgehead atoms. The Bertz CT molecular complexity index is 923. The predicted octanol–water partition coefficient (Wildman–Crippen LogP) is 4.25. The smallest absolute Gasteiger partial charge is 0.230 e. The first-order chi connectivity index (χ1) is 12.6. The molecule has 0 unspecified atom stereocenters. The van der Waals surface area contributed by atoms with E-state index < -0.39 is 0 Å². The highest BCUT2D eigenvalue weighted by Crippen LogP contribution is 2.24. The molecule has 3 aromatic rings. The second kappa shape index (κ2) is 9.07. The third-order valence-electron chi connectivity index (χ3n) is 3.51. The number of hydrogen-bond acceptors (Lipinski definition) is 5. The second-order valence-electron chi connectivity index (χ2n) is 5.40. The number of rotatable bonds is 7. The standard InChI is InChI=1S/C18H16FN3OS3/c19-14-6-8-15(9-7-14)22-18(24)26-17(21-22)25-12-16(23)20-11-10-13-4-2-1-3-5-13/h1-9H,10-12H2,(H,20,23). The number of nitrogens with one attached hydrogen (secondary N) is 1. The highest BCUT2D eigenvalue weighted by molar-refractivity contribution is 8.01. The molecule has 0 atom stereocenters. The molecular weight excluding hydrogens is 389 g/mol. The van der Waals surface area contributed by atoms with E-state index in [4.69, 9.17) is 12.2 Å². The minimum atomic E-state index is -0.308. The lowest BCUT2D eigenvalue weighted by Crippen LogP contribution is -2.27. The molecule has 134 valence electrons. The number of amides is 1. The lowest BCUT2D eigenvalue weighted by Gasteiger charge is -2.04. The summed E-state index contributed by atoms with van der Waals surface area (Å²) in [4.78, 5) is 12.0. The fraction of sp³-hybridized carbons (Fsp3) is 0.167. The Labute approximate surface area is 164 Å². The molecule has 0 aliphatic heterocycles. The number of thioether (sulfide) groups is 1. The van der Waals surface area contributed by atoms with Gasteiger partial charge in [-0.25, -0.2) is 9.07 Å². The highest BCUT2D eigenvalue weighted by atomic mass is 32.2. The molecule has 8 heteroatoms. The van der Waals surface area contributed by atoms with Crippen LogP contribution in [0.5, 0.6) is 0 Å². The average molecular weight is 406 g/mol. The van der Waals surface area contributed by atoms with Crippen LogP contribution in [0.3, 0.4) is 0 Å². The van der Waals surface area contributed by atoms with Crippen LogP contribution in [0.15, 0.2) is 58.9 Å². The molecule has 0 radical (unpaired) electrons. The minimum absolute atomic E-state index is 0.0413. The molecule has 3 rings (SSSR count). The van der Waals surface area contributed by atoms with Crippen molar-refractivity contribution in [3.05, 3.63) is 69.9 Å². The van der Waals surface area contributed by atoms with E-state index in [-0.39, 0.29) is 17.5 Å². The van der Waals surface area contributed by atoms with Crippen molar-refractivity contribution in [1.82, 2.24) is 15.1 Å². The zero-order valence-electron chi connectivity index (χ0n) is 13.7. The molecule has 0 aliphatic rings. The zero-order valence-corrected chi connectivity index (χ0v) is 16.2. The molecule has 0 saturated heterocycles. The number of carbonyl (C=O) groups is 1. The van der Waals surface area contributed by atoms with E-state index in [1.165, 1.54) is 40.8 Å². The summed E-state index contributed by atoms with van der Waals surface area (Å²) in [6, 6.07) is 16.0. The molecule has 0 saturated carbocycles. The number of aromatic nitrogens is 2. The fourth-order valence-corrected chi connectivity index (χ4v) is 4.42. The van der Waals surface area contributed by atoms with Gasteiger partial charge in [0.05, 0.1) is 11.4 Å². The Morgan fingerprint density at radius 2 is 1.92 bits per heavy atom. The van der Waals surface area contributed by atoms with Crippen LogP contribution in [0.1, 0.15) is 5.56 Å². The number of halogens is 1. The van der Waals surface area contributed by atoms with Gasteiger partial charge in [0.1, 0.15) is 5.82 Å². The van der Waals surface area contributed by atoms with Gasteiger partial charge in [0, 0.05) is 6.54 Å². The lowest BCUT2D eigenvalue weighted by molar-refractivity contribution is -0.118. The van der Waals surface area contributed by atoms with Crippen LogP contribution in [0, 0.1) is 9.77 Å². The van der Waals surface area contributed by atoms with Crippen LogP contribution in [0.25, 0.3) is 5.69 Å². The third kappa shape index (κ3) is 5.23. The largest absolute Gasteiger partial charge is 0.355 e. The summed E-state index contributed by atoms with van der Waals surface area (Å²) in [5, 5.41) is 7.30. The summed E-state index contributed by atoms with van der Waals surface area (Å²) < 4.78 is 15.9. The number of nitrogens with zero attached hydrogens (tertiary/aromatic N) is 2. The monoisotopic (exact) mass is 405 g/mol. The van der Waals surface area contributed by atoms with Crippen molar-refractivity contribution in [3.63, 3.8) is 0 Å². The van der Waals surface area contributed by atoms with Gasteiger partial charge in [-0.1, -0.05) is 53.4 Å². The SMILES string of the molecule is O=C(CSc1nn(-c2ccc(F)cc2)c(=S)s1)NCCc1ccccc1. The molecule has 1 N–H and O–H groups in total. The van der Waals surface area contributed by atoms with Gasteiger partial charge in [0.15, 0.2) is 8.29 Å². The summed E-state index contributed by atoms with van der Waals surface area (Å²) in [6.07, 6.45) is 0.801. The van der Waals surface area contributed by atoms with Gasteiger partial charge >= 0.3 is 0 Å². The van der Waals surface area contributed by atoms with Crippen LogP contribution in [0.4, 0.5) is 4.39 Å². The van der Waals surface area contributed by atoms with Crippen molar-refractivity contribution in [2.24, 2.45) is 0 Å². The van der Waals surface area contributed by atoms with Crippen LogP contribution >= 0.6 is 35.3 Å². The van der Waals surface area contributed by atoms with E-state index in [9.17, 15) is 9.18 Å². The molecular formula is C18H16FN3OS3. The summed E-state index contributed by atoms with van der Waals surface area (Å²) in [6.45, 7) is 0.600. The number of benzene rings is 2. The van der Waals surface area contributed by atoms with Crippen molar-refractivity contribution in [2.45, 2.75) is 10.8 Å². The third-order valence-corrected chi connectivity index (χ3v) is 5.87. The van der Waals surface area contributed by atoms with Gasteiger partial charge in [0.25, 0.3) is 0 Å². The van der Waals surface area contributed by atoms with Gasteiger partial charge in [-0.3, -0.25) is 4.79 Å². The van der Waals surface area contributed by atoms with Gasteiger partial charge in [-0.15, -0.1) is 5.10 Å². The van der Waals surface area contributed by atoms with Crippen molar-refractivity contribution in [3.8, 4) is 5.69 Å². The molecule has 1 heterocycles. The van der Waals surface area contributed by atoms with E-state index >= 15 is 0 Å². The molecule has 2 aromatic carbocycles. The maximum absolute atomic E-state index is 13.0. The van der Waals surface area contributed by atoms with E-state index in [1.807, 2.05) is 30.3 Å². The molecule has 26 heavy (non-hydrogen) atoms. The molecule has 0 spiro atoms. The van der Waals surface area contributed by atoms with Crippen LogP contribution in [-0.4, -0.2) is 28.0 Å². The summed E-state index contributed by atoms with van der Waals surface area (Å²) in [5.41, 5.74) is 1.89. The van der Waals surface area contributed by atoms with E-state index in [0.717, 1.165) is 6.42 Å². The second-order valence-corrected chi connectivity index (χ2v) is 8.24. The first kappa shape index (κ1) is 18.8. The quantitative estimate of drug-likeness (QED) is 0.471. The Kier molecular flexibility index (Phi) is 6.54. The first-order valence-electron chi connectivity index (χ1n) is 7.91. The topological polar surface area (TPSA) is 46.9 Å². The van der Waals surface area contributed by atoms with Crippen molar-refractivity contribution < 1.29 is 9.18 Å². The first-order valence-corrected chi connectivity index (χ1v) is 10.1. The molecule has 4 nitrogen and oxygen atoms in total. The molecule has 1 amide bonds. The van der Waals surface area contributed by atoms with Gasteiger partial charge in [-0.2, -0.15) is 0 Å². The normalized spacial score (nSPS) is 10.7. The van der Waals surface area contributed by atoms with E-state index in [0.29, 0.717) is 20.5 Å². The summed E-state index contributed by atoms with van der Waals surface area (Å²) in [7, 11) is 0. The minimum Gasteiger partial charge on any atom is -0.355 e. The van der Waals surface area contributed by atoms with Gasteiger partial charge in [0.2, 0.25) is 5.91 Å². The fourth-order valence-electron chi connectivity index (χ4n) is 2.23. The Morgan fingerprint density at radius 3 is 2.65 bits per heavy atom. The molecule has 0 aliphatic carbocycles. The zero-order chi connectivity index (χ0) is 18.4. The Morgan fingerprint density at radius 1 is 1.19 bits per heavy atom. The van der Waals surface area contributed by atoms with Crippen LogP contribution in [-0.2, 0) is 11.2 Å². The van der Waals surface area contributed by atoms with Gasteiger partial charge < -0.3 is 5.32 Å². The van der Waals surface area contributed by atoms with Crippen molar-refractivity contribution >= 4 is 41.2 Å². The van der Waals surface area contributed by atoms with Crippen molar-refractivity contribution in [2.75, 3.05) is 12.3 Å². The number of carbonyl (C=O) groups excluding carboxylic acids is 1. The Balaban J connectivity index is 1.50. The summed E-state index contributed by atoms with van der Waals surface area (Å²) >= 11 is 7.98. The average Bonchev–Trinajstić information content (AvgIpc) is 3.02. The van der Waals surface area contributed by atoms with Crippen molar-refractivity contribution in [1.29, 1.82) is 0 Å². The van der Waals surface area contributed by atoms with E-state index in [2.05, 4.69) is 10.4 Å². The van der Waals surface area contributed by atoms with Crippen LogP contribution < -0.4 is 5.32 Å². The molecule has 0 fully saturated rings. The highest BCUT2D eigenvalue weighted by Gasteiger charge is 2.09.